The van der Waals surface area contributed by atoms with Crippen LogP contribution in [0.1, 0.15) is 31.9 Å². The molecule has 0 aromatic heterocycles. The number of ketones is 1. The number of rotatable bonds is 4. The smallest absolute Gasteiger partial charge is 0.192 e. The Bertz CT molecular complexity index is 683. The van der Waals surface area contributed by atoms with Crippen LogP contribution in [-0.4, -0.2) is 19.2 Å². The van der Waals surface area contributed by atoms with Gasteiger partial charge in [0.2, 0.25) is 0 Å². The van der Waals surface area contributed by atoms with Crippen molar-refractivity contribution in [3.05, 3.63) is 58.7 Å². The van der Waals surface area contributed by atoms with Crippen molar-refractivity contribution in [1.29, 1.82) is 0 Å². The first-order chi connectivity index (χ1) is 10.9. The summed E-state index contributed by atoms with van der Waals surface area (Å²) in [6.45, 7) is 11.4. The SMILES string of the molecule is CC(C)(C)[Si](C)(C)OCc1cc(C2(O)C=CC(=O)C=C2)ccc1Cl. The Balaban J connectivity index is 2.26. The highest BCUT2D eigenvalue weighted by Gasteiger charge is 2.37. The van der Waals surface area contributed by atoms with Gasteiger partial charge in [0, 0.05) is 5.02 Å². The summed E-state index contributed by atoms with van der Waals surface area (Å²) < 4.78 is 6.24. The van der Waals surface area contributed by atoms with Crippen molar-refractivity contribution >= 4 is 25.7 Å². The zero-order valence-electron chi connectivity index (χ0n) is 14.9. The molecule has 0 spiro atoms. The maximum atomic E-state index is 11.3. The van der Waals surface area contributed by atoms with Crippen LogP contribution in [0.25, 0.3) is 0 Å². The van der Waals surface area contributed by atoms with Gasteiger partial charge in [0.05, 0.1) is 6.61 Å². The topological polar surface area (TPSA) is 46.5 Å². The number of carbonyl (C=O) groups excluding carboxylic acids is 1. The van der Waals surface area contributed by atoms with E-state index < -0.39 is 13.9 Å². The van der Waals surface area contributed by atoms with E-state index in [-0.39, 0.29) is 10.8 Å². The van der Waals surface area contributed by atoms with E-state index in [1.165, 1.54) is 24.3 Å². The Labute approximate surface area is 150 Å². The highest BCUT2D eigenvalue weighted by atomic mass is 35.5. The number of hydrogen-bond acceptors (Lipinski definition) is 3. The molecule has 130 valence electrons. The molecule has 0 saturated heterocycles. The van der Waals surface area contributed by atoms with Gasteiger partial charge in [-0.3, -0.25) is 4.79 Å². The molecule has 0 fully saturated rings. The van der Waals surface area contributed by atoms with Crippen molar-refractivity contribution in [3.63, 3.8) is 0 Å². The molecule has 0 bridgehead atoms. The van der Waals surface area contributed by atoms with Gasteiger partial charge in [0.1, 0.15) is 5.60 Å². The molecule has 0 aliphatic heterocycles. The molecule has 24 heavy (non-hydrogen) atoms. The van der Waals surface area contributed by atoms with Crippen LogP contribution in [0.15, 0.2) is 42.5 Å². The Morgan fingerprint density at radius 1 is 1.21 bits per heavy atom. The van der Waals surface area contributed by atoms with E-state index in [1.807, 2.05) is 6.07 Å². The second-order valence-corrected chi connectivity index (χ2v) is 13.0. The van der Waals surface area contributed by atoms with E-state index >= 15 is 0 Å². The summed E-state index contributed by atoms with van der Waals surface area (Å²) in [5.41, 5.74) is 0.219. The van der Waals surface area contributed by atoms with Crippen molar-refractivity contribution in [2.45, 2.75) is 51.1 Å². The van der Waals surface area contributed by atoms with Crippen LogP contribution < -0.4 is 0 Å². The molecule has 1 aliphatic carbocycles. The fourth-order valence-electron chi connectivity index (χ4n) is 2.13. The van der Waals surface area contributed by atoms with Crippen molar-refractivity contribution in [2.24, 2.45) is 0 Å². The lowest BCUT2D eigenvalue weighted by Crippen LogP contribution is -2.40. The average molecular weight is 365 g/mol. The molecule has 0 unspecified atom stereocenters. The monoisotopic (exact) mass is 364 g/mol. The summed E-state index contributed by atoms with van der Waals surface area (Å²) in [5.74, 6) is -0.130. The van der Waals surface area contributed by atoms with Crippen LogP contribution in [0.3, 0.4) is 0 Å². The van der Waals surface area contributed by atoms with Crippen LogP contribution in [0, 0.1) is 0 Å². The number of halogens is 1. The minimum absolute atomic E-state index is 0.116. The van der Waals surface area contributed by atoms with Gasteiger partial charge in [-0.15, -0.1) is 0 Å². The molecule has 5 heteroatoms. The maximum Gasteiger partial charge on any atom is 0.192 e. The molecule has 0 atom stereocenters. The van der Waals surface area contributed by atoms with Gasteiger partial charge in [-0.1, -0.05) is 38.4 Å². The van der Waals surface area contributed by atoms with Crippen LogP contribution in [0.5, 0.6) is 0 Å². The van der Waals surface area contributed by atoms with Crippen molar-refractivity contribution in [2.75, 3.05) is 0 Å². The predicted octanol–water partition coefficient (Wildman–Crippen LogP) is 4.74. The standard InChI is InChI=1S/C19H25ClO3Si/c1-18(2,3)24(4,5)23-13-14-12-15(6-7-17(14)20)19(22)10-8-16(21)9-11-19/h6-12,22H,13H2,1-5H3. The Morgan fingerprint density at radius 3 is 2.33 bits per heavy atom. The lowest BCUT2D eigenvalue weighted by Gasteiger charge is -2.36. The molecule has 1 N–H and O–H groups in total. The van der Waals surface area contributed by atoms with E-state index in [1.54, 1.807) is 12.1 Å². The van der Waals surface area contributed by atoms with Gasteiger partial charge in [-0.05, 0) is 65.7 Å². The normalized spacial score (nSPS) is 17.4. The molecule has 0 radical (unpaired) electrons. The summed E-state index contributed by atoms with van der Waals surface area (Å²) in [6.07, 6.45) is 5.74. The van der Waals surface area contributed by atoms with E-state index in [0.717, 1.165) is 5.56 Å². The van der Waals surface area contributed by atoms with Crippen molar-refractivity contribution < 1.29 is 14.3 Å². The average Bonchev–Trinajstić information content (AvgIpc) is 2.48. The second kappa shape index (κ2) is 6.60. The van der Waals surface area contributed by atoms with E-state index in [0.29, 0.717) is 17.2 Å². The summed E-state index contributed by atoms with van der Waals surface area (Å²) in [6, 6.07) is 5.37. The van der Waals surface area contributed by atoms with E-state index in [4.69, 9.17) is 16.0 Å². The third-order valence-electron chi connectivity index (χ3n) is 4.91. The molecule has 3 nitrogen and oxygen atoms in total. The number of allylic oxidation sites excluding steroid dienone is 2. The van der Waals surface area contributed by atoms with Gasteiger partial charge >= 0.3 is 0 Å². The highest BCUT2D eigenvalue weighted by molar-refractivity contribution is 6.74. The summed E-state index contributed by atoms with van der Waals surface area (Å²) in [7, 11) is -1.89. The minimum atomic E-state index is -1.89. The second-order valence-electron chi connectivity index (χ2n) is 7.75. The number of carbonyl (C=O) groups is 1. The molecule has 0 heterocycles. The predicted molar refractivity (Wildman–Crippen MR) is 101 cm³/mol. The van der Waals surface area contributed by atoms with Gasteiger partial charge < -0.3 is 9.53 Å². The van der Waals surface area contributed by atoms with Crippen LogP contribution in [0.4, 0.5) is 0 Å². The lowest BCUT2D eigenvalue weighted by atomic mass is 9.88. The fraction of sp³-hybridized carbons (Fsp3) is 0.421. The molecule has 1 aliphatic rings. The molecular formula is C19H25ClO3Si. The summed E-state index contributed by atoms with van der Waals surface area (Å²) in [5, 5.41) is 11.5. The Kier molecular flexibility index (Phi) is 5.26. The number of benzene rings is 1. The molecular weight excluding hydrogens is 340 g/mol. The van der Waals surface area contributed by atoms with Gasteiger partial charge in [0.15, 0.2) is 14.1 Å². The van der Waals surface area contributed by atoms with Gasteiger partial charge in [0.25, 0.3) is 0 Å². The first kappa shape index (κ1) is 19.1. The van der Waals surface area contributed by atoms with Crippen molar-refractivity contribution in [3.8, 4) is 0 Å². The third-order valence-corrected chi connectivity index (χ3v) is 9.75. The third kappa shape index (κ3) is 4.06. The Hall–Kier alpha value is -1.20. The first-order valence-corrected chi connectivity index (χ1v) is 11.3. The lowest BCUT2D eigenvalue weighted by molar-refractivity contribution is -0.110. The van der Waals surface area contributed by atoms with Crippen LogP contribution in [0.2, 0.25) is 23.2 Å². The molecule has 1 aromatic rings. The fourth-order valence-corrected chi connectivity index (χ4v) is 3.25. The molecule has 2 rings (SSSR count). The quantitative estimate of drug-likeness (QED) is 0.784. The summed E-state index contributed by atoms with van der Waals surface area (Å²) in [4.78, 5) is 11.3. The number of hydrogen-bond donors (Lipinski definition) is 1. The number of aliphatic hydroxyl groups is 1. The van der Waals surface area contributed by atoms with Crippen molar-refractivity contribution in [1.82, 2.24) is 0 Å². The highest BCUT2D eigenvalue weighted by Crippen LogP contribution is 2.38. The largest absolute Gasteiger partial charge is 0.413 e. The van der Waals surface area contributed by atoms with Crippen LogP contribution in [-0.2, 0) is 21.4 Å². The Morgan fingerprint density at radius 2 is 1.79 bits per heavy atom. The molecule has 0 saturated carbocycles. The molecule has 0 amide bonds. The summed E-state index contributed by atoms with van der Waals surface area (Å²) >= 11 is 6.31. The van der Waals surface area contributed by atoms with E-state index in [9.17, 15) is 9.90 Å². The first-order valence-electron chi connectivity index (χ1n) is 8.02. The molecule has 1 aromatic carbocycles. The maximum absolute atomic E-state index is 11.3. The zero-order valence-corrected chi connectivity index (χ0v) is 16.6. The van der Waals surface area contributed by atoms with Gasteiger partial charge in [-0.25, -0.2) is 0 Å². The van der Waals surface area contributed by atoms with E-state index in [2.05, 4.69) is 33.9 Å². The van der Waals surface area contributed by atoms with Gasteiger partial charge in [-0.2, -0.15) is 0 Å². The van der Waals surface area contributed by atoms with Crippen LogP contribution >= 0.6 is 11.6 Å². The minimum Gasteiger partial charge on any atom is -0.413 e. The zero-order chi connectivity index (χ0) is 18.2.